The van der Waals surface area contributed by atoms with Crippen molar-refractivity contribution in [3.05, 3.63) is 92.5 Å². The highest BCUT2D eigenvalue weighted by atomic mass is 35.5. The molecule has 2 N–H and O–H groups in total. The summed E-state index contributed by atoms with van der Waals surface area (Å²) in [6.45, 7) is 6.30. The number of rotatable bonds is 4. The average molecular weight is 796 g/mol. The Bertz CT molecular complexity index is 2000. The molecule has 0 radical (unpaired) electrons. The summed E-state index contributed by atoms with van der Waals surface area (Å²) in [6, 6.07) is 12.0. The molecular weight excluding hydrogens is 747 g/mol. The molecule has 0 bridgehead atoms. The molecule has 10 nitrogen and oxygen atoms in total. The first-order valence-electron chi connectivity index (χ1n) is 20.3. The smallest absolute Gasteiger partial charge is 0.264 e. The van der Waals surface area contributed by atoms with Crippen LogP contribution in [-0.2, 0) is 48.1 Å². The second-order valence-electron chi connectivity index (χ2n) is 15.6. The SMILES string of the molecule is O=C([C@@H]1Cc2cc(Cl)cc(-c3ccnc4c3CCCC4)c2O1)N1CCNCC1.O=C([C@H]1Cc2cc(Cl)cc(-c3ccnc4c3CCCC4)c2O1)N1CCNCC1. The van der Waals surface area contributed by atoms with Gasteiger partial charge in [-0.25, -0.2) is 0 Å². The van der Waals surface area contributed by atoms with Crippen LogP contribution in [0, 0.1) is 0 Å². The van der Waals surface area contributed by atoms with E-state index in [1.165, 1.54) is 48.2 Å². The topological polar surface area (TPSA) is 109 Å². The minimum atomic E-state index is -0.456. The van der Waals surface area contributed by atoms with Gasteiger partial charge in [-0.1, -0.05) is 23.2 Å². The molecular formula is C44H48Cl2N6O4. The number of hydrogen-bond acceptors (Lipinski definition) is 8. The van der Waals surface area contributed by atoms with Gasteiger partial charge in [0, 0.05) is 121 Å². The molecule has 2 fully saturated rings. The number of piperazine rings is 2. The Morgan fingerprint density at radius 2 is 1.00 bits per heavy atom. The highest BCUT2D eigenvalue weighted by molar-refractivity contribution is 6.31. The van der Waals surface area contributed by atoms with Gasteiger partial charge in [-0.3, -0.25) is 19.6 Å². The Balaban J connectivity index is 0.000000146. The summed E-state index contributed by atoms with van der Waals surface area (Å²) in [5, 5.41) is 7.95. The number of carbonyl (C=O) groups is 2. The lowest BCUT2D eigenvalue weighted by Gasteiger charge is -2.29. The van der Waals surface area contributed by atoms with Gasteiger partial charge in [-0.05, 0) is 110 Å². The van der Waals surface area contributed by atoms with Gasteiger partial charge in [-0.2, -0.15) is 0 Å². The number of amides is 2. The highest BCUT2D eigenvalue weighted by Gasteiger charge is 2.37. The number of carbonyl (C=O) groups excluding carboxylic acids is 2. The predicted molar refractivity (Wildman–Crippen MR) is 218 cm³/mol. The van der Waals surface area contributed by atoms with Crippen LogP contribution in [0.2, 0.25) is 10.0 Å². The second-order valence-corrected chi connectivity index (χ2v) is 16.5. The minimum Gasteiger partial charge on any atom is -0.479 e. The van der Waals surface area contributed by atoms with Crippen LogP contribution in [0.25, 0.3) is 22.3 Å². The molecule has 4 aromatic rings. The maximum Gasteiger partial charge on any atom is 0.264 e. The van der Waals surface area contributed by atoms with Crippen molar-refractivity contribution in [1.29, 1.82) is 0 Å². The van der Waals surface area contributed by atoms with Gasteiger partial charge in [0.25, 0.3) is 11.8 Å². The van der Waals surface area contributed by atoms with Crippen molar-refractivity contribution in [3.63, 3.8) is 0 Å². The van der Waals surface area contributed by atoms with E-state index in [0.29, 0.717) is 22.9 Å². The molecule has 12 heteroatoms. The van der Waals surface area contributed by atoms with Crippen molar-refractivity contribution in [2.75, 3.05) is 52.4 Å². The number of ether oxygens (including phenoxy) is 2. The van der Waals surface area contributed by atoms with E-state index in [0.717, 1.165) is 123 Å². The molecule has 2 aromatic heterocycles. The lowest BCUT2D eigenvalue weighted by Crippen LogP contribution is -2.50. The summed E-state index contributed by atoms with van der Waals surface area (Å²) in [7, 11) is 0. The number of benzene rings is 2. The first-order chi connectivity index (χ1) is 27.4. The van der Waals surface area contributed by atoms with Crippen molar-refractivity contribution in [3.8, 4) is 33.8 Å². The molecule has 292 valence electrons. The number of aromatic nitrogens is 2. The zero-order valence-electron chi connectivity index (χ0n) is 31.7. The highest BCUT2D eigenvalue weighted by Crippen LogP contribution is 2.45. The molecule has 0 saturated carbocycles. The number of nitrogens with one attached hydrogen (secondary N) is 2. The van der Waals surface area contributed by atoms with Gasteiger partial charge < -0.3 is 29.9 Å². The first-order valence-corrected chi connectivity index (χ1v) is 21.1. The Labute approximate surface area is 338 Å². The van der Waals surface area contributed by atoms with Crippen LogP contribution in [-0.4, -0.2) is 96.1 Å². The summed E-state index contributed by atoms with van der Waals surface area (Å²) in [5.41, 5.74) is 11.3. The van der Waals surface area contributed by atoms with Gasteiger partial charge in [0.1, 0.15) is 11.5 Å². The van der Waals surface area contributed by atoms with E-state index in [2.05, 4.69) is 32.7 Å². The quantitative estimate of drug-likeness (QED) is 0.258. The molecule has 4 aliphatic heterocycles. The largest absolute Gasteiger partial charge is 0.479 e. The fourth-order valence-electron chi connectivity index (χ4n) is 9.26. The molecule has 2 amide bonds. The van der Waals surface area contributed by atoms with Gasteiger partial charge in [0.2, 0.25) is 0 Å². The minimum absolute atomic E-state index is 0.0801. The van der Waals surface area contributed by atoms with Crippen LogP contribution in [0.1, 0.15) is 59.3 Å². The lowest BCUT2D eigenvalue weighted by atomic mass is 9.88. The molecule has 0 unspecified atom stereocenters. The number of fused-ring (bicyclic) bond motifs is 4. The zero-order chi connectivity index (χ0) is 38.2. The maximum absolute atomic E-state index is 13.0. The van der Waals surface area contributed by atoms with E-state index in [1.54, 1.807) is 0 Å². The van der Waals surface area contributed by atoms with Crippen molar-refractivity contribution < 1.29 is 19.1 Å². The van der Waals surface area contributed by atoms with E-state index in [4.69, 9.17) is 32.7 Å². The van der Waals surface area contributed by atoms with Crippen molar-refractivity contribution in [2.45, 2.75) is 76.4 Å². The Morgan fingerprint density at radius 3 is 1.43 bits per heavy atom. The number of pyridine rings is 2. The van der Waals surface area contributed by atoms with Crippen molar-refractivity contribution in [2.24, 2.45) is 0 Å². The van der Waals surface area contributed by atoms with E-state index < -0.39 is 12.2 Å². The Morgan fingerprint density at radius 1 is 0.589 bits per heavy atom. The predicted octanol–water partition coefficient (Wildman–Crippen LogP) is 6.03. The molecule has 6 heterocycles. The van der Waals surface area contributed by atoms with Gasteiger partial charge in [-0.15, -0.1) is 0 Å². The zero-order valence-corrected chi connectivity index (χ0v) is 33.2. The normalized spacial score (nSPS) is 21.0. The standard InChI is InChI=1S/2C22H24ClN3O2/c2*23-15-11-14-12-20(22(27)26-9-7-24-8-10-26)28-21(14)18(13-15)16-5-6-25-19-4-2-1-3-17(16)19/h2*5-6,11,13,20,24H,1-4,7-10,12H2/t2*20-/m10/s1. The number of nitrogens with zero attached hydrogens (tertiary/aromatic N) is 4. The van der Waals surface area contributed by atoms with Crippen molar-refractivity contribution >= 4 is 35.0 Å². The third-order valence-electron chi connectivity index (χ3n) is 12.1. The molecule has 2 saturated heterocycles. The number of aryl methyl sites for hydroxylation is 2. The van der Waals surface area contributed by atoms with Crippen LogP contribution in [0.15, 0.2) is 48.8 Å². The fraction of sp³-hybridized carbons (Fsp3) is 0.455. The third-order valence-corrected chi connectivity index (χ3v) is 12.5. The van der Waals surface area contributed by atoms with Crippen LogP contribution in [0.4, 0.5) is 0 Å². The Kier molecular flexibility index (Phi) is 10.9. The summed E-state index contributed by atoms with van der Waals surface area (Å²) in [6.07, 6.45) is 12.9. The summed E-state index contributed by atoms with van der Waals surface area (Å²) in [5.74, 6) is 1.79. The van der Waals surface area contributed by atoms with E-state index in [1.807, 2.05) is 46.5 Å². The van der Waals surface area contributed by atoms with Crippen LogP contribution < -0.4 is 20.1 Å². The van der Waals surface area contributed by atoms with Crippen LogP contribution in [0.3, 0.4) is 0 Å². The van der Waals surface area contributed by atoms with Gasteiger partial charge in [0.05, 0.1) is 0 Å². The third kappa shape index (κ3) is 7.49. The monoisotopic (exact) mass is 794 g/mol. The van der Waals surface area contributed by atoms with Gasteiger partial charge in [0.15, 0.2) is 12.2 Å². The molecule has 2 aliphatic carbocycles. The van der Waals surface area contributed by atoms with Crippen LogP contribution in [0.5, 0.6) is 11.5 Å². The molecule has 2 aromatic carbocycles. The van der Waals surface area contributed by atoms with Crippen molar-refractivity contribution in [1.82, 2.24) is 30.4 Å². The number of hydrogen-bond donors (Lipinski definition) is 2. The molecule has 2 atom stereocenters. The van der Waals surface area contributed by atoms with E-state index in [-0.39, 0.29) is 11.8 Å². The number of halogens is 2. The van der Waals surface area contributed by atoms with Gasteiger partial charge >= 0.3 is 0 Å². The molecule has 0 spiro atoms. The first kappa shape index (κ1) is 37.4. The van der Waals surface area contributed by atoms with E-state index in [9.17, 15) is 9.59 Å². The summed E-state index contributed by atoms with van der Waals surface area (Å²) < 4.78 is 12.5. The fourth-order valence-corrected chi connectivity index (χ4v) is 9.74. The van der Waals surface area contributed by atoms with Crippen LogP contribution >= 0.6 is 23.2 Å². The molecule has 6 aliphatic rings. The molecule has 56 heavy (non-hydrogen) atoms. The summed E-state index contributed by atoms with van der Waals surface area (Å²) >= 11 is 12.9. The maximum atomic E-state index is 13.0. The second kappa shape index (κ2) is 16.3. The average Bonchev–Trinajstić information content (AvgIpc) is 3.88. The summed E-state index contributed by atoms with van der Waals surface area (Å²) in [4.78, 5) is 38.9. The van der Waals surface area contributed by atoms with E-state index >= 15 is 0 Å². The molecule has 10 rings (SSSR count). The lowest BCUT2D eigenvalue weighted by molar-refractivity contribution is -0.139. The Hall–Kier alpha value is -4.22.